The van der Waals surface area contributed by atoms with Crippen LogP contribution in [0.4, 0.5) is 13.2 Å². The van der Waals surface area contributed by atoms with Crippen LogP contribution in [0, 0.1) is 5.92 Å². The molecule has 0 radical (unpaired) electrons. The molecule has 1 aliphatic heterocycles. The number of piperidine rings is 1. The summed E-state index contributed by atoms with van der Waals surface area (Å²) < 4.78 is 37.2. The van der Waals surface area contributed by atoms with Gasteiger partial charge in [0.05, 0.1) is 0 Å². The van der Waals surface area contributed by atoms with Gasteiger partial charge in [-0.1, -0.05) is 0 Å². The highest BCUT2D eigenvalue weighted by atomic mass is 19.4. The Morgan fingerprint density at radius 1 is 1.26 bits per heavy atom. The molecule has 1 saturated heterocycles. The molecule has 126 valence electrons. The topological polar surface area (TPSA) is 53.5 Å². The van der Waals surface area contributed by atoms with Gasteiger partial charge in [0.25, 0.3) is 0 Å². The maximum atomic E-state index is 12.4. The van der Waals surface area contributed by atoms with Crippen molar-refractivity contribution in [1.82, 2.24) is 14.8 Å². The molecule has 0 bridgehead atoms. The fraction of sp³-hybridized carbons (Fsp3) is 0.533. The average Bonchev–Trinajstić information content (AvgIpc) is 2.53. The molecule has 0 atom stereocenters. The number of hydrogen-bond donors (Lipinski definition) is 0. The van der Waals surface area contributed by atoms with Crippen LogP contribution in [0.5, 0.6) is 0 Å². The van der Waals surface area contributed by atoms with Crippen LogP contribution >= 0.6 is 0 Å². The lowest BCUT2D eigenvalue weighted by Gasteiger charge is -2.33. The zero-order valence-electron chi connectivity index (χ0n) is 12.7. The molecule has 0 spiro atoms. The van der Waals surface area contributed by atoms with Gasteiger partial charge in [0.2, 0.25) is 5.91 Å². The van der Waals surface area contributed by atoms with Crippen LogP contribution in [0.1, 0.15) is 18.4 Å². The minimum Gasteiger partial charge on any atom is -0.341 e. The molecule has 8 heteroatoms. The van der Waals surface area contributed by atoms with Crippen LogP contribution in [-0.4, -0.2) is 52.9 Å². The number of pyridine rings is 1. The van der Waals surface area contributed by atoms with E-state index < -0.39 is 12.1 Å². The first-order valence-electron chi connectivity index (χ1n) is 7.29. The number of halogens is 3. The number of amides is 2. The van der Waals surface area contributed by atoms with E-state index in [1.54, 1.807) is 36.5 Å². The highest BCUT2D eigenvalue weighted by molar-refractivity contribution is 5.83. The molecule has 0 aliphatic carbocycles. The molecule has 0 N–H and O–H groups in total. The quantitative estimate of drug-likeness (QED) is 0.850. The molecule has 0 aromatic carbocycles. The third-order valence-electron chi connectivity index (χ3n) is 3.92. The van der Waals surface area contributed by atoms with Gasteiger partial charge in [-0.2, -0.15) is 13.2 Å². The summed E-state index contributed by atoms with van der Waals surface area (Å²) in [5, 5.41) is 0. The number of nitrogens with zero attached hydrogens (tertiary/aromatic N) is 3. The maximum Gasteiger partial charge on any atom is 0.471 e. The van der Waals surface area contributed by atoms with Crippen molar-refractivity contribution in [2.45, 2.75) is 25.6 Å². The Balaban J connectivity index is 1.87. The SMILES string of the molecule is CN(Cc1ccncc1)C(=O)C1CCN(C(=O)C(F)(F)F)CC1. The Kier molecular flexibility index (Phi) is 5.23. The molecule has 2 amide bonds. The Hall–Kier alpha value is -2.12. The molecule has 0 unspecified atom stereocenters. The zero-order valence-corrected chi connectivity index (χ0v) is 12.7. The second-order valence-electron chi connectivity index (χ2n) is 5.61. The van der Waals surface area contributed by atoms with Crippen LogP contribution in [0.25, 0.3) is 0 Å². The van der Waals surface area contributed by atoms with Gasteiger partial charge in [-0.3, -0.25) is 14.6 Å². The number of hydrogen-bond acceptors (Lipinski definition) is 3. The number of carbonyl (C=O) groups excluding carboxylic acids is 2. The first-order chi connectivity index (χ1) is 10.8. The van der Waals surface area contributed by atoms with Crippen LogP contribution in [0.3, 0.4) is 0 Å². The summed E-state index contributed by atoms with van der Waals surface area (Å²) in [6, 6.07) is 3.60. The van der Waals surface area contributed by atoms with Gasteiger partial charge >= 0.3 is 12.1 Å². The van der Waals surface area contributed by atoms with Crippen LogP contribution in [-0.2, 0) is 16.1 Å². The lowest BCUT2D eigenvalue weighted by molar-refractivity contribution is -0.187. The van der Waals surface area contributed by atoms with E-state index in [4.69, 9.17) is 0 Å². The minimum atomic E-state index is -4.85. The Morgan fingerprint density at radius 3 is 2.35 bits per heavy atom. The fourth-order valence-corrected chi connectivity index (χ4v) is 2.66. The fourth-order valence-electron chi connectivity index (χ4n) is 2.66. The number of alkyl halides is 3. The van der Waals surface area contributed by atoms with Crippen molar-refractivity contribution in [1.29, 1.82) is 0 Å². The predicted molar refractivity (Wildman–Crippen MR) is 76.1 cm³/mol. The summed E-state index contributed by atoms with van der Waals surface area (Å²) in [4.78, 5) is 29.8. The summed E-state index contributed by atoms with van der Waals surface area (Å²) in [5.41, 5.74) is 0.931. The van der Waals surface area contributed by atoms with Crippen LogP contribution in [0.2, 0.25) is 0 Å². The monoisotopic (exact) mass is 329 g/mol. The van der Waals surface area contributed by atoms with Crippen molar-refractivity contribution in [3.8, 4) is 0 Å². The van der Waals surface area contributed by atoms with Gasteiger partial charge in [0.15, 0.2) is 0 Å². The number of rotatable bonds is 3. The Morgan fingerprint density at radius 2 is 1.83 bits per heavy atom. The first kappa shape index (κ1) is 17.2. The van der Waals surface area contributed by atoms with E-state index in [0.717, 1.165) is 10.5 Å². The van der Waals surface area contributed by atoms with E-state index in [2.05, 4.69) is 4.98 Å². The first-order valence-corrected chi connectivity index (χ1v) is 7.29. The van der Waals surface area contributed by atoms with E-state index in [0.29, 0.717) is 6.54 Å². The van der Waals surface area contributed by atoms with E-state index in [9.17, 15) is 22.8 Å². The second-order valence-corrected chi connectivity index (χ2v) is 5.61. The van der Waals surface area contributed by atoms with Gasteiger partial charge < -0.3 is 9.80 Å². The number of likely N-dealkylation sites (tertiary alicyclic amines) is 1. The molecular formula is C15H18F3N3O2. The number of carbonyl (C=O) groups is 2. The summed E-state index contributed by atoms with van der Waals surface area (Å²) in [5.74, 6) is -2.28. The largest absolute Gasteiger partial charge is 0.471 e. The van der Waals surface area contributed by atoms with Crippen molar-refractivity contribution in [3.63, 3.8) is 0 Å². The van der Waals surface area contributed by atoms with Crippen LogP contribution in [0.15, 0.2) is 24.5 Å². The highest BCUT2D eigenvalue weighted by Gasteiger charge is 2.43. The molecule has 1 aromatic rings. The molecule has 5 nitrogen and oxygen atoms in total. The number of aromatic nitrogens is 1. The third kappa shape index (κ3) is 4.43. The van der Waals surface area contributed by atoms with Gasteiger partial charge in [-0.05, 0) is 30.5 Å². The predicted octanol–water partition coefficient (Wildman–Crippen LogP) is 1.84. The Bertz CT molecular complexity index is 555. The van der Waals surface area contributed by atoms with Crippen molar-refractivity contribution in [2.75, 3.05) is 20.1 Å². The average molecular weight is 329 g/mol. The summed E-state index contributed by atoms with van der Waals surface area (Å²) in [6.07, 6.45) is -1.08. The Labute approximate surface area is 132 Å². The van der Waals surface area contributed by atoms with E-state index in [-0.39, 0.29) is 37.8 Å². The maximum absolute atomic E-state index is 12.4. The van der Waals surface area contributed by atoms with Crippen molar-refractivity contribution in [2.24, 2.45) is 5.92 Å². The van der Waals surface area contributed by atoms with Crippen LogP contribution < -0.4 is 0 Å². The van der Waals surface area contributed by atoms with E-state index in [1.807, 2.05) is 0 Å². The highest BCUT2D eigenvalue weighted by Crippen LogP contribution is 2.25. The van der Waals surface area contributed by atoms with Crippen molar-refractivity contribution < 1.29 is 22.8 Å². The van der Waals surface area contributed by atoms with E-state index >= 15 is 0 Å². The van der Waals surface area contributed by atoms with Gasteiger partial charge in [0, 0.05) is 45.0 Å². The molecule has 23 heavy (non-hydrogen) atoms. The smallest absolute Gasteiger partial charge is 0.341 e. The van der Waals surface area contributed by atoms with E-state index in [1.165, 1.54) is 0 Å². The summed E-state index contributed by atoms with van der Waals surface area (Å²) in [7, 11) is 1.66. The zero-order chi connectivity index (χ0) is 17.0. The second kappa shape index (κ2) is 6.97. The van der Waals surface area contributed by atoms with Gasteiger partial charge in [-0.25, -0.2) is 0 Å². The molecule has 1 fully saturated rings. The normalized spacial score (nSPS) is 16.3. The lowest BCUT2D eigenvalue weighted by Crippen LogP contribution is -2.47. The summed E-state index contributed by atoms with van der Waals surface area (Å²) >= 11 is 0. The standard InChI is InChI=1S/C15H18F3N3O2/c1-20(10-11-2-6-19-7-3-11)13(22)12-4-8-21(9-5-12)14(23)15(16,17)18/h2-3,6-7,12H,4-5,8-10H2,1H3. The lowest BCUT2D eigenvalue weighted by atomic mass is 9.95. The molecule has 2 heterocycles. The molecule has 2 rings (SSSR count). The van der Waals surface area contributed by atoms with Crippen molar-refractivity contribution in [3.05, 3.63) is 30.1 Å². The third-order valence-corrected chi connectivity index (χ3v) is 3.92. The molecular weight excluding hydrogens is 311 g/mol. The van der Waals surface area contributed by atoms with Gasteiger partial charge in [-0.15, -0.1) is 0 Å². The van der Waals surface area contributed by atoms with Gasteiger partial charge in [0.1, 0.15) is 0 Å². The molecule has 0 saturated carbocycles. The summed E-state index contributed by atoms with van der Waals surface area (Å²) in [6.45, 7) is 0.332. The molecule has 1 aliphatic rings. The molecule has 1 aromatic heterocycles. The van der Waals surface area contributed by atoms with Crippen molar-refractivity contribution >= 4 is 11.8 Å². The minimum absolute atomic E-state index is 0.0438.